The van der Waals surface area contributed by atoms with Crippen LogP contribution in [0.15, 0.2) is 39.6 Å². The van der Waals surface area contributed by atoms with Crippen molar-refractivity contribution in [3.63, 3.8) is 0 Å². The Labute approximate surface area is 151 Å². The second-order valence-corrected chi connectivity index (χ2v) is 6.14. The zero-order chi connectivity index (χ0) is 19.3. The number of hydrogen-bond acceptors (Lipinski definition) is 6. The average molecular weight is 358 g/mol. The van der Waals surface area contributed by atoms with Crippen molar-refractivity contribution in [2.24, 2.45) is 0 Å². The molecule has 6 heteroatoms. The molecule has 1 heterocycles. The third-order valence-corrected chi connectivity index (χ3v) is 3.85. The monoisotopic (exact) mass is 358 g/mol. The molecule has 138 valence electrons. The van der Waals surface area contributed by atoms with E-state index in [2.05, 4.69) is 18.6 Å². The van der Waals surface area contributed by atoms with Gasteiger partial charge in [-0.2, -0.15) is 0 Å². The average Bonchev–Trinajstić information content (AvgIpc) is 2.57. The van der Waals surface area contributed by atoms with Gasteiger partial charge >= 0.3 is 17.6 Å². The van der Waals surface area contributed by atoms with E-state index in [1.54, 1.807) is 6.92 Å². The fourth-order valence-corrected chi connectivity index (χ4v) is 2.66. The van der Waals surface area contributed by atoms with E-state index in [0.29, 0.717) is 17.1 Å². The van der Waals surface area contributed by atoms with Crippen molar-refractivity contribution in [2.45, 2.75) is 40.2 Å². The van der Waals surface area contributed by atoms with Crippen LogP contribution in [0.4, 0.5) is 0 Å². The van der Waals surface area contributed by atoms with Crippen LogP contribution in [0.2, 0.25) is 0 Å². The number of rotatable bonds is 6. The number of carbonyl (C=O) groups excluding carboxylic acids is 2. The largest absolute Gasteiger partial charge is 0.463 e. The predicted molar refractivity (Wildman–Crippen MR) is 96.9 cm³/mol. The molecule has 2 aromatic rings. The van der Waals surface area contributed by atoms with E-state index in [1.807, 2.05) is 19.1 Å². The molecule has 6 nitrogen and oxygen atoms in total. The summed E-state index contributed by atoms with van der Waals surface area (Å²) in [6.45, 7) is 7.90. The lowest BCUT2D eigenvalue weighted by Crippen LogP contribution is -2.07. The van der Waals surface area contributed by atoms with E-state index in [4.69, 9.17) is 9.15 Å². The molecule has 0 N–H and O–H groups in total. The van der Waals surface area contributed by atoms with Gasteiger partial charge in [-0.25, -0.2) is 14.4 Å². The van der Waals surface area contributed by atoms with Gasteiger partial charge < -0.3 is 13.9 Å². The molecule has 0 aliphatic heterocycles. The lowest BCUT2D eigenvalue weighted by molar-refractivity contribution is -0.141. The van der Waals surface area contributed by atoms with Gasteiger partial charge in [-0.1, -0.05) is 13.8 Å². The Morgan fingerprint density at radius 1 is 1.12 bits per heavy atom. The molecule has 0 spiro atoms. The molecule has 26 heavy (non-hydrogen) atoms. The summed E-state index contributed by atoms with van der Waals surface area (Å²) in [4.78, 5) is 34.7. The summed E-state index contributed by atoms with van der Waals surface area (Å²) < 4.78 is 15.1. The standard InChI is InChI=1S/C20H22O6/c1-5-24-18(21)6-7-19(22)25-11-14-9-20(23)26-17-8-13(4)15(12(2)3)10-16(14)17/h6-10,12H,5,11H2,1-4H3/b7-6+. The summed E-state index contributed by atoms with van der Waals surface area (Å²) in [6.07, 6.45) is 2.00. The van der Waals surface area contributed by atoms with Gasteiger partial charge in [-0.05, 0) is 43.0 Å². The number of hydrogen-bond donors (Lipinski definition) is 0. The van der Waals surface area contributed by atoms with Crippen molar-refractivity contribution < 1.29 is 23.5 Å². The third-order valence-electron chi connectivity index (χ3n) is 3.85. The first-order chi connectivity index (χ1) is 12.3. The van der Waals surface area contributed by atoms with Gasteiger partial charge in [0.05, 0.1) is 6.61 Å². The lowest BCUT2D eigenvalue weighted by atomic mass is 9.95. The van der Waals surface area contributed by atoms with Crippen LogP contribution >= 0.6 is 0 Å². The normalized spacial score (nSPS) is 11.3. The zero-order valence-corrected chi connectivity index (χ0v) is 15.3. The maximum absolute atomic E-state index is 11.8. The number of benzene rings is 1. The van der Waals surface area contributed by atoms with E-state index < -0.39 is 17.6 Å². The van der Waals surface area contributed by atoms with Crippen molar-refractivity contribution in [3.8, 4) is 0 Å². The number of fused-ring (bicyclic) bond motifs is 1. The zero-order valence-electron chi connectivity index (χ0n) is 15.3. The molecule has 0 bridgehead atoms. The first kappa shape index (κ1) is 19.4. The maximum Gasteiger partial charge on any atom is 0.336 e. The molecule has 0 radical (unpaired) electrons. The number of esters is 2. The highest BCUT2D eigenvalue weighted by molar-refractivity contribution is 5.91. The summed E-state index contributed by atoms with van der Waals surface area (Å²) in [7, 11) is 0. The molecule has 0 aliphatic rings. The van der Waals surface area contributed by atoms with Gasteiger partial charge in [0.25, 0.3) is 0 Å². The molecule has 1 aromatic heterocycles. The predicted octanol–water partition coefficient (Wildman–Crippen LogP) is 3.39. The molecule has 2 rings (SSSR count). The summed E-state index contributed by atoms with van der Waals surface area (Å²) in [5, 5.41) is 0.723. The molecule has 1 aromatic carbocycles. The van der Waals surface area contributed by atoms with Gasteiger partial charge in [0.1, 0.15) is 12.2 Å². The van der Waals surface area contributed by atoms with Crippen LogP contribution < -0.4 is 5.63 Å². The van der Waals surface area contributed by atoms with E-state index in [0.717, 1.165) is 28.7 Å². The Kier molecular flexibility index (Phi) is 6.33. The number of ether oxygens (including phenoxy) is 2. The van der Waals surface area contributed by atoms with E-state index in [-0.39, 0.29) is 13.2 Å². The minimum atomic E-state index is -0.698. The van der Waals surface area contributed by atoms with Crippen LogP contribution in [0, 0.1) is 6.92 Å². The van der Waals surface area contributed by atoms with Crippen LogP contribution in [0.1, 0.15) is 43.4 Å². The fourth-order valence-electron chi connectivity index (χ4n) is 2.66. The number of aryl methyl sites for hydroxylation is 1. The first-order valence-corrected chi connectivity index (χ1v) is 8.40. The third kappa shape index (κ3) is 4.81. The number of carbonyl (C=O) groups is 2. The highest BCUT2D eigenvalue weighted by atomic mass is 16.5. The second kappa shape index (κ2) is 8.47. The van der Waals surface area contributed by atoms with Crippen molar-refractivity contribution in [1.29, 1.82) is 0 Å². The molecule has 0 saturated heterocycles. The minimum Gasteiger partial charge on any atom is -0.463 e. The highest BCUT2D eigenvalue weighted by Gasteiger charge is 2.12. The topological polar surface area (TPSA) is 82.8 Å². The molecular weight excluding hydrogens is 336 g/mol. The van der Waals surface area contributed by atoms with Crippen LogP contribution in [0.25, 0.3) is 11.0 Å². The van der Waals surface area contributed by atoms with Crippen LogP contribution in [-0.2, 0) is 25.7 Å². The van der Waals surface area contributed by atoms with Crippen molar-refractivity contribution in [3.05, 3.63) is 57.5 Å². The molecule has 0 aliphatic carbocycles. The van der Waals surface area contributed by atoms with E-state index in [1.165, 1.54) is 6.07 Å². The van der Waals surface area contributed by atoms with Gasteiger partial charge in [0.2, 0.25) is 0 Å². The first-order valence-electron chi connectivity index (χ1n) is 8.40. The SMILES string of the molecule is CCOC(=O)/C=C/C(=O)OCc1cc(=O)oc2cc(C)c(C(C)C)cc12. The molecule has 0 atom stereocenters. The molecule has 0 unspecified atom stereocenters. The molecule has 0 amide bonds. The van der Waals surface area contributed by atoms with Crippen LogP contribution in [-0.4, -0.2) is 18.5 Å². The second-order valence-electron chi connectivity index (χ2n) is 6.14. The van der Waals surface area contributed by atoms with Crippen molar-refractivity contribution in [2.75, 3.05) is 6.61 Å². The Morgan fingerprint density at radius 3 is 2.38 bits per heavy atom. The van der Waals surface area contributed by atoms with E-state index in [9.17, 15) is 14.4 Å². The highest BCUT2D eigenvalue weighted by Crippen LogP contribution is 2.27. The van der Waals surface area contributed by atoms with Gasteiger partial charge in [-0.3, -0.25) is 0 Å². The summed E-state index contributed by atoms with van der Waals surface area (Å²) in [6, 6.07) is 5.08. The summed E-state index contributed by atoms with van der Waals surface area (Å²) in [5.41, 5.74) is 2.65. The van der Waals surface area contributed by atoms with Crippen LogP contribution in [0.3, 0.4) is 0 Å². The molecule has 0 saturated carbocycles. The Bertz CT molecular complexity index is 904. The van der Waals surface area contributed by atoms with Crippen molar-refractivity contribution in [1.82, 2.24) is 0 Å². The van der Waals surface area contributed by atoms with Crippen LogP contribution in [0.5, 0.6) is 0 Å². The van der Waals surface area contributed by atoms with Gasteiger partial charge in [-0.15, -0.1) is 0 Å². The minimum absolute atomic E-state index is 0.102. The maximum atomic E-state index is 11.8. The quantitative estimate of drug-likeness (QED) is 0.447. The van der Waals surface area contributed by atoms with Gasteiger partial charge in [0, 0.05) is 29.2 Å². The Balaban J connectivity index is 2.26. The van der Waals surface area contributed by atoms with E-state index >= 15 is 0 Å². The molecule has 0 fully saturated rings. The summed E-state index contributed by atoms with van der Waals surface area (Å²) >= 11 is 0. The van der Waals surface area contributed by atoms with Crippen molar-refractivity contribution >= 4 is 22.9 Å². The van der Waals surface area contributed by atoms with Gasteiger partial charge in [0.15, 0.2) is 0 Å². The lowest BCUT2D eigenvalue weighted by Gasteiger charge is -2.13. The Morgan fingerprint density at radius 2 is 1.77 bits per heavy atom. The Hall–Kier alpha value is -2.89. The smallest absolute Gasteiger partial charge is 0.336 e. The fraction of sp³-hybridized carbons (Fsp3) is 0.350. The summed E-state index contributed by atoms with van der Waals surface area (Å²) in [5.74, 6) is -1.02. The molecular formula is C20H22O6.